The second-order valence-corrected chi connectivity index (χ2v) is 8.55. The molecule has 0 aromatic carbocycles. The molecule has 5 heterocycles. The Morgan fingerprint density at radius 3 is 2.75 bits per heavy atom. The number of pyridine rings is 1. The highest BCUT2D eigenvalue weighted by molar-refractivity contribution is 7.29. The molecule has 1 saturated heterocycles. The van der Waals surface area contributed by atoms with E-state index in [0.717, 1.165) is 40.7 Å². The number of aromatic hydroxyl groups is 1. The Bertz CT molecular complexity index is 1070. The lowest BCUT2D eigenvalue weighted by atomic mass is 10.1. The number of aromatic nitrogens is 6. The summed E-state index contributed by atoms with van der Waals surface area (Å²) in [6, 6.07) is 2.12. The number of rotatable bonds is 4. The molecule has 4 aromatic heterocycles. The summed E-state index contributed by atoms with van der Waals surface area (Å²) in [6.45, 7) is 2.10. The van der Waals surface area contributed by atoms with Gasteiger partial charge in [-0.05, 0) is 25.9 Å². The smallest absolute Gasteiger partial charge is 0.188 e. The number of thiazole rings is 2. The molecule has 4 aromatic rings. The van der Waals surface area contributed by atoms with Gasteiger partial charge in [-0.3, -0.25) is 0 Å². The molecule has 0 atom stereocenters. The molecule has 2 N–H and O–H groups in total. The van der Waals surface area contributed by atoms with Crippen LogP contribution in [0.5, 0.6) is 5.75 Å². The van der Waals surface area contributed by atoms with Crippen LogP contribution < -0.4 is 10.2 Å². The molecule has 1 aliphatic heterocycles. The van der Waals surface area contributed by atoms with Gasteiger partial charge in [0.25, 0.3) is 0 Å². The fourth-order valence-electron chi connectivity index (χ4n) is 3.31. The Balaban J connectivity index is 1.42. The minimum Gasteiger partial charge on any atom is -0.505 e. The second kappa shape index (κ2) is 7.08. The quantitative estimate of drug-likeness (QED) is 0.524. The SMILES string of the molecule is CN(c1nc2sc(-c3ncc(-n4cncn4)cc3O)nc2s1)C1CCNCC1. The van der Waals surface area contributed by atoms with Crippen LogP contribution in [0.3, 0.4) is 0 Å². The van der Waals surface area contributed by atoms with Gasteiger partial charge in [0.05, 0.1) is 11.9 Å². The predicted molar refractivity (Wildman–Crippen MR) is 109 cm³/mol. The van der Waals surface area contributed by atoms with E-state index in [2.05, 4.69) is 37.3 Å². The highest BCUT2D eigenvalue weighted by Crippen LogP contribution is 2.38. The number of hydrogen-bond donors (Lipinski definition) is 2. The molecular weight excluding hydrogens is 396 g/mol. The van der Waals surface area contributed by atoms with Crippen molar-refractivity contribution in [2.24, 2.45) is 0 Å². The molecule has 0 unspecified atom stereocenters. The van der Waals surface area contributed by atoms with Crippen molar-refractivity contribution in [2.75, 3.05) is 25.0 Å². The van der Waals surface area contributed by atoms with Crippen molar-refractivity contribution in [3.8, 4) is 22.1 Å². The van der Waals surface area contributed by atoms with Crippen LogP contribution in [0.4, 0.5) is 5.13 Å². The average Bonchev–Trinajstić information content (AvgIpc) is 3.44. The van der Waals surface area contributed by atoms with Crippen LogP contribution in [-0.2, 0) is 0 Å². The van der Waals surface area contributed by atoms with Crippen LogP contribution in [0.2, 0.25) is 0 Å². The lowest BCUT2D eigenvalue weighted by Crippen LogP contribution is -2.41. The van der Waals surface area contributed by atoms with Crippen molar-refractivity contribution >= 4 is 37.5 Å². The van der Waals surface area contributed by atoms with Gasteiger partial charge in [0, 0.05) is 19.2 Å². The number of piperidine rings is 1. The van der Waals surface area contributed by atoms with Crippen molar-refractivity contribution in [3.05, 3.63) is 24.9 Å². The van der Waals surface area contributed by atoms with E-state index in [4.69, 9.17) is 4.98 Å². The highest BCUT2D eigenvalue weighted by Gasteiger charge is 2.22. The van der Waals surface area contributed by atoms with Gasteiger partial charge < -0.3 is 15.3 Å². The molecule has 144 valence electrons. The number of anilines is 1. The van der Waals surface area contributed by atoms with E-state index in [1.54, 1.807) is 34.6 Å². The van der Waals surface area contributed by atoms with Gasteiger partial charge in [-0.2, -0.15) is 5.10 Å². The molecule has 1 aliphatic rings. The zero-order chi connectivity index (χ0) is 19.1. The summed E-state index contributed by atoms with van der Waals surface area (Å²) in [5, 5.41) is 19.5. The van der Waals surface area contributed by atoms with Gasteiger partial charge in [-0.25, -0.2) is 24.6 Å². The van der Waals surface area contributed by atoms with Gasteiger partial charge in [0.15, 0.2) is 14.8 Å². The van der Waals surface area contributed by atoms with Crippen molar-refractivity contribution in [1.29, 1.82) is 0 Å². The van der Waals surface area contributed by atoms with E-state index in [1.165, 1.54) is 17.7 Å². The Morgan fingerprint density at radius 2 is 2.04 bits per heavy atom. The van der Waals surface area contributed by atoms with Crippen LogP contribution in [0, 0.1) is 0 Å². The van der Waals surface area contributed by atoms with Crippen LogP contribution in [0.25, 0.3) is 26.0 Å². The third-order valence-corrected chi connectivity index (χ3v) is 6.99. The molecule has 0 radical (unpaired) electrons. The van der Waals surface area contributed by atoms with Crippen molar-refractivity contribution < 1.29 is 5.11 Å². The largest absolute Gasteiger partial charge is 0.505 e. The molecule has 0 saturated carbocycles. The molecule has 1 fully saturated rings. The van der Waals surface area contributed by atoms with Gasteiger partial charge >= 0.3 is 0 Å². The first-order chi connectivity index (χ1) is 13.7. The van der Waals surface area contributed by atoms with Crippen LogP contribution in [0.1, 0.15) is 12.8 Å². The first-order valence-electron chi connectivity index (χ1n) is 8.94. The maximum absolute atomic E-state index is 10.4. The maximum atomic E-state index is 10.4. The third-order valence-electron chi connectivity index (χ3n) is 4.86. The summed E-state index contributed by atoms with van der Waals surface area (Å²) >= 11 is 3.03. The minimum absolute atomic E-state index is 0.0569. The van der Waals surface area contributed by atoms with E-state index in [9.17, 15) is 5.11 Å². The topological polar surface area (TPSA) is 105 Å². The van der Waals surface area contributed by atoms with Gasteiger partial charge in [-0.15, -0.1) is 0 Å². The molecular formula is C17H18N8OS2. The summed E-state index contributed by atoms with van der Waals surface area (Å²) in [5.41, 5.74) is 1.09. The second-order valence-electron chi connectivity index (χ2n) is 6.62. The van der Waals surface area contributed by atoms with Crippen molar-refractivity contribution in [1.82, 2.24) is 35.0 Å². The zero-order valence-electron chi connectivity index (χ0n) is 15.1. The minimum atomic E-state index is 0.0569. The first-order valence-corrected chi connectivity index (χ1v) is 10.6. The zero-order valence-corrected chi connectivity index (χ0v) is 16.7. The third kappa shape index (κ3) is 3.11. The molecule has 5 rings (SSSR count). The molecule has 11 heteroatoms. The maximum Gasteiger partial charge on any atom is 0.188 e. The van der Waals surface area contributed by atoms with E-state index in [-0.39, 0.29) is 5.75 Å². The lowest BCUT2D eigenvalue weighted by molar-refractivity contribution is 0.443. The fraction of sp³-hybridized carbons (Fsp3) is 0.353. The summed E-state index contributed by atoms with van der Waals surface area (Å²) in [7, 11) is 2.11. The molecule has 0 spiro atoms. The van der Waals surface area contributed by atoms with E-state index < -0.39 is 0 Å². The number of hydrogen-bond acceptors (Lipinski definition) is 10. The van der Waals surface area contributed by atoms with Gasteiger partial charge in [0.1, 0.15) is 29.1 Å². The number of nitrogens with zero attached hydrogens (tertiary/aromatic N) is 7. The predicted octanol–water partition coefficient (Wildman–Crippen LogP) is 2.29. The van der Waals surface area contributed by atoms with Crippen LogP contribution in [-0.4, -0.2) is 61.0 Å². The van der Waals surface area contributed by atoms with Crippen molar-refractivity contribution in [2.45, 2.75) is 18.9 Å². The number of nitrogens with one attached hydrogen (secondary N) is 1. The lowest BCUT2D eigenvalue weighted by Gasteiger charge is -2.31. The Morgan fingerprint density at radius 1 is 1.21 bits per heavy atom. The first kappa shape index (κ1) is 17.5. The molecule has 0 aliphatic carbocycles. The summed E-state index contributed by atoms with van der Waals surface area (Å²) in [6.07, 6.45) is 6.88. The Kier molecular flexibility index (Phi) is 4.41. The summed E-state index contributed by atoms with van der Waals surface area (Å²) in [5.74, 6) is 0.0569. The van der Waals surface area contributed by atoms with Gasteiger partial charge in [0.2, 0.25) is 0 Å². The normalized spacial score (nSPS) is 15.3. The summed E-state index contributed by atoms with van der Waals surface area (Å²) < 4.78 is 1.54. The number of fused-ring (bicyclic) bond motifs is 1. The fourth-order valence-corrected chi connectivity index (χ4v) is 5.39. The van der Waals surface area contributed by atoms with Crippen LogP contribution >= 0.6 is 22.7 Å². The molecule has 0 bridgehead atoms. The molecule has 0 amide bonds. The Labute approximate surface area is 168 Å². The Hall–Kier alpha value is -2.63. The molecule has 28 heavy (non-hydrogen) atoms. The van der Waals surface area contributed by atoms with Crippen molar-refractivity contribution in [3.63, 3.8) is 0 Å². The van der Waals surface area contributed by atoms with Gasteiger partial charge in [-0.1, -0.05) is 22.7 Å². The summed E-state index contributed by atoms with van der Waals surface area (Å²) in [4.78, 5) is 21.7. The highest BCUT2D eigenvalue weighted by atomic mass is 32.1. The van der Waals surface area contributed by atoms with E-state index in [0.29, 0.717) is 22.4 Å². The molecule has 9 nitrogen and oxygen atoms in total. The average molecular weight is 415 g/mol. The van der Waals surface area contributed by atoms with E-state index >= 15 is 0 Å². The van der Waals surface area contributed by atoms with E-state index in [1.807, 2.05) is 0 Å². The monoisotopic (exact) mass is 414 g/mol. The van der Waals surface area contributed by atoms with Crippen LogP contribution in [0.15, 0.2) is 24.9 Å². The standard InChI is InChI=1S/C17H18N8OS2/c1-24(10-2-4-18-5-3-10)17-23-16-15(28-17)22-14(27-16)13-12(26)6-11(7-20-13)25-9-19-8-21-25/h6-10,18,26H,2-5H2,1H3.